The summed E-state index contributed by atoms with van der Waals surface area (Å²) in [6.45, 7) is 5.50. The summed E-state index contributed by atoms with van der Waals surface area (Å²) in [5.74, 6) is 0. The van der Waals surface area contributed by atoms with E-state index < -0.39 is 0 Å². The maximum atomic E-state index is 8.25. The van der Waals surface area contributed by atoms with E-state index in [1.807, 2.05) is 6.92 Å². The van der Waals surface area contributed by atoms with Crippen molar-refractivity contribution in [2.24, 2.45) is 0 Å². The average Bonchev–Trinajstić information content (AvgIpc) is 1.46. The molecule has 0 saturated heterocycles. The summed E-state index contributed by atoms with van der Waals surface area (Å²) in [7, 11) is 0. The monoisotopic (exact) mass is 125 g/mol. The molecule has 0 saturated carbocycles. The molecule has 0 aromatic heterocycles. The van der Waals surface area contributed by atoms with Gasteiger partial charge in [0.05, 0.1) is 0 Å². The molecule has 0 atom stereocenters. The predicted molar refractivity (Wildman–Crippen MR) is 19.9 cm³/mol. The summed E-state index contributed by atoms with van der Waals surface area (Å²) in [5, 5.41) is 0. The van der Waals surface area contributed by atoms with Gasteiger partial charge in [-0.25, -0.2) is 0 Å². The van der Waals surface area contributed by atoms with Crippen molar-refractivity contribution in [1.82, 2.24) is 0 Å². The number of rotatable bonds is 0. The van der Waals surface area contributed by atoms with Crippen LogP contribution in [0.25, 0.3) is 0 Å². The van der Waals surface area contributed by atoms with Crippen LogP contribution in [0.4, 0.5) is 0 Å². The first-order valence-corrected chi connectivity index (χ1v) is 2.05. The molecule has 0 amide bonds. The van der Waals surface area contributed by atoms with Crippen LogP contribution in [0.3, 0.4) is 0 Å². The molecule has 2 nitrogen and oxygen atoms in total. The third-order valence-corrected chi connectivity index (χ3v) is 0. The Morgan fingerprint density at radius 1 is 1.67 bits per heavy atom. The van der Waals surface area contributed by atoms with Crippen LogP contribution in [0.2, 0.25) is 0 Å². The number of hydrogen-bond donors (Lipinski definition) is 0. The molecule has 0 aromatic carbocycles. The van der Waals surface area contributed by atoms with Gasteiger partial charge in [0.25, 0.3) is 0 Å². The van der Waals surface area contributed by atoms with Crippen molar-refractivity contribution in [3.8, 4) is 0 Å². The van der Waals surface area contributed by atoms with Gasteiger partial charge in [-0.15, -0.1) is 0 Å². The van der Waals surface area contributed by atoms with Gasteiger partial charge >= 0.3 is 23.7 Å². The molecule has 6 heavy (non-hydrogen) atoms. The second-order valence-corrected chi connectivity index (χ2v) is 0.500. The molecule has 0 heterocycles. The van der Waals surface area contributed by atoms with Gasteiger partial charge in [-0.05, 0) is 0 Å². The summed E-state index contributed by atoms with van der Waals surface area (Å²) >= 11 is 0.750. The zero-order chi connectivity index (χ0) is 4.71. The van der Waals surface area contributed by atoms with Crippen molar-refractivity contribution in [1.29, 1.82) is 0 Å². The van der Waals surface area contributed by atoms with Crippen LogP contribution in [0, 0.1) is 6.92 Å². The quantitative estimate of drug-likeness (QED) is 0.339. The van der Waals surface area contributed by atoms with Gasteiger partial charge in [0.2, 0.25) is 0 Å². The second-order valence-electron chi connectivity index (χ2n) is 0.500. The molecular formula is C3H9O2Ti. The van der Waals surface area contributed by atoms with Crippen molar-refractivity contribution in [3.05, 3.63) is 6.92 Å². The molecule has 0 radical (unpaired) electrons. The standard InChI is InChI=1S/C3H7.H2O.O.Ti/c1-3-2;;;/h1,3H2,2H3;1H2;;/q-1;;;+1. The van der Waals surface area contributed by atoms with E-state index in [0.29, 0.717) is 0 Å². The Morgan fingerprint density at radius 3 is 1.67 bits per heavy atom. The van der Waals surface area contributed by atoms with Crippen LogP contribution in [-0.4, -0.2) is 5.48 Å². The molecule has 0 aliphatic rings. The van der Waals surface area contributed by atoms with Crippen molar-refractivity contribution in [2.45, 2.75) is 13.3 Å². The van der Waals surface area contributed by atoms with Gasteiger partial charge in [-0.2, -0.15) is 6.42 Å². The first kappa shape index (κ1) is 16.1. The summed E-state index contributed by atoms with van der Waals surface area (Å²) in [6.07, 6.45) is 1.00. The molecule has 0 unspecified atom stereocenters. The molecule has 0 fully saturated rings. The topological polar surface area (TPSA) is 48.6 Å². The summed E-state index contributed by atoms with van der Waals surface area (Å²) in [6, 6.07) is 0. The van der Waals surface area contributed by atoms with Crippen LogP contribution in [0.5, 0.6) is 0 Å². The summed E-state index contributed by atoms with van der Waals surface area (Å²) in [5.41, 5.74) is 0. The van der Waals surface area contributed by atoms with Crippen LogP contribution in [0.1, 0.15) is 13.3 Å². The Labute approximate surface area is 50.0 Å². The fourth-order valence-corrected chi connectivity index (χ4v) is 0. The van der Waals surface area contributed by atoms with E-state index in [4.69, 9.17) is 3.32 Å². The van der Waals surface area contributed by atoms with E-state index in [1.54, 1.807) is 0 Å². The third kappa shape index (κ3) is 240. The van der Waals surface area contributed by atoms with Crippen molar-refractivity contribution >= 4 is 0 Å². The Kier molecular flexibility index (Phi) is 135. The van der Waals surface area contributed by atoms with Gasteiger partial charge in [0.15, 0.2) is 0 Å². The summed E-state index contributed by atoms with van der Waals surface area (Å²) < 4.78 is 8.25. The molecule has 0 aromatic rings. The van der Waals surface area contributed by atoms with E-state index in [-0.39, 0.29) is 5.48 Å². The first-order chi connectivity index (χ1) is 2.41. The molecule has 0 bridgehead atoms. The van der Waals surface area contributed by atoms with Gasteiger partial charge in [-0.1, -0.05) is 6.92 Å². The SMILES string of the molecule is O.[CH2-]CC.[O]=[Ti+]. The van der Waals surface area contributed by atoms with Crippen LogP contribution < -0.4 is 0 Å². The van der Waals surface area contributed by atoms with E-state index >= 15 is 0 Å². The Hall–Kier alpha value is 0.474. The van der Waals surface area contributed by atoms with E-state index in [1.165, 1.54) is 0 Å². The van der Waals surface area contributed by atoms with E-state index in [2.05, 4.69) is 6.92 Å². The Morgan fingerprint density at radius 2 is 1.67 bits per heavy atom. The van der Waals surface area contributed by atoms with Crippen LogP contribution in [0.15, 0.2) is 0 Å². The molecule has 2 N–H and O–H groups in total. The van der Waals surface area contributed by atoms with Gasteiger partial charge < -0.3 is 12.4 Å². The molecule has 3 heteroatoms. The normalized spacial score (nSPS) is 4.00. The van der Waals surface area contributed by atoms with Crippen LogP contribution >= 0.6 is 0 Å². The minimum atomic E-state index is 0. The second kappa shape index (κ2) is 50.4. The minimum absolute atomic E-state index is 0. The van der Waals surface area contributed by atoms with Gasteiger partial charge in [0, 0.05) is 0 Å². The molecule has 0 rings (SSSR count). The first-order valence-electron chi connectivity index (χ1n) is 1.41. The zero-order valence-electron chi connectivity index (χ0n) is 3.82. The van der Waals surface area contributed by atoms with E-state index in [0.717, 1.165) is 26.8 Å². The average molecular weight is 125 g/mol. The third-order valence-electron chi connectivity index (χ3n) is 0. The fourth-order valence-electron chi connectivity index (χ4n) is 0. The van der Waals surface area contributed by atoms with Crippen molar-refractivity contribution < 1.29 is 29.2 Å². The van der Waals surface area contributed by atoms with E-state index in [9.17, 15) is 0 Å². The molecule has 0 spiro atoms. The van der Waals surface area contributed by atoms with Gasteiger partial charge in [0.1, 0.15) is 0 Å². The fraction of sp³-hybridized carbons (Fsp3) is 0.667. The van der Waals surface area contributed by atoms with Crippen molar-refractivity contribution in [3.63, 3.8) is 0 Å². The maximum absolute atomic E-state index is 8.25. The molecule has 0 aliphatic heterocycles. The zero-order valence-corrected chi connectivity index (χ0v) is 5.38. The van der Waals surface area contributed by atoms with Crippen LogP contribution in [-0.2, 0) is 23.7 Å². The molecular weight excluding hydrogens is 116 g/mol. The van der Waals surface area contributed by atoms with Crippen molar-refractivity contribution in [2.75, 3.05) is 0 Å². The van der Waals surface area contributed by atoms with Gasteiger partial charge in [-0.3, -0.25) is 0 Å². The Bertz CT molecular complexity index is 12.8. The molecule has 37 valence electrons. The predicted octanol–water partition coefficient (Wildman–Crippen LogP) is 0.284. The Balaban J connectivity index is -0.0000000275. The summed E-state index contributed by atoms with van der Waals surface area (Å²) in [4.78, 5) is 0. The number of hydrogen-bond acceptors (Lipinski definition) is 1. The molecule has 0 aliphatic carbocycles.